The number of aromatic nitrogens is 2. The van der Waals surface area contributed by atoms with Crippen molar-refractivity contribution in [1.29, 1.82) is 0 Å². The third-order valence-electron chi connectivity index (χ3n) is 3.16. The third-order valence-corrected chi connectivity index (χ3v) is 3.50. The lowest BCUT2D eigenvalue weighted by Crippen LogP contribution is -2.52. The van der Waals surface area contributed by atoms with Crippen LogP contribution in [0.15, 0.2) is 18.3 Å². The van der Waals surface area contributed by atoms with Gasteiger partial charge in [0.05, 0.1) is 11.0 Å². The standard InChI is InChI=1S/C11H17N5S/c1-9(11(12)17)15-5-7-16(8-6-15)10-3-2-4-13-14-10/h2-4,9H,5-8H2,1H3,(H2,12,17). The molecule has 1 aromatic heterocycles. The molecule has 0 radical (unpaired) electrons. The maximum Gasteiger partial charge on any atom is 0.151 e. The number of nitrogens with two attached hydrogens (primary N) is 1. The molecule has 1 aromatic rings. The van der Waals surface area contributed by atoms with Gasteiger partial charge in [-0.2, -0.15) is 5.10 Å². The lowest BCUT2D eigenvalue weighted by atomic mass is 10.2. The molecule has 0 amide bonds. The largest absolute Gasteiger partial charge is 0.392 e. The average Bonchev–Trinajstić information content (AvgIpc) is 2.39. The topological polar surface area (TPSA) is 58.3 Å². The minimum absolute atomic E-state index is 0.175. The second-order valence-corrected chi connectivity index (χ2v) is 4.65. The Labute approximate surface area is 107 Å². The van der Waals surface area contributed by atoms with Crippen molar-refractivity contribution in [2.24, 2.45) is 5.73 Å². The Morgan fingerprint density at radius 3 is 2.65 bits per heavy atom. The molecule has 0 aliphatic carbocycles. The molecule has 1 unspecified atom stereocenters. The van der Waals surface area contributed by atoms with Crippen LogP contribution >= 0.6 is 12.2 Å². The molecule has 2 N–H and O–H groups in total. The summed E-state index contributed by atoms with van der Waals surface area (Å²) < 4.78 is 0. The van der Waals surface area contributed by atoms with Gasteiger partial charge in [0, 0.05) is 32.4 Å². The zero-order valence-electron chi connectivity index (χ0n) is 9.91. The van der Waals surface area contributed by atoms with Crippen LogP contribution in [0, 0.1) is 0 Å². The van der Waals surface area contributed by atoms with Crippen LogP contribution in [0.2, 0.25) is 0 Å². The fourth-order valence-electron chi connectivity index (χ4n) is 1.98. The Balaban J connectivity index is 1.93. The molecule has 0 spiro atoms. The van der Waals surface area contributed by atoms with Crippen molar-refractivity contribution in [3.63, 3.8) is 0 Å². The molecule has 2 heterocycles. The average molecular weight is 251 g/mol. The summed E-state index contributed by atoms with van der Waals surface area (Å²) in [5.41, 5.74) is 5.67. The molecule has 92 valence electrons. The maximum atomic E-state index is 5.67. The quantitative estimate of drug-likeness (QED) is 0.778. The first-order chi connectivity index (χ1) is 8.18. The lowest BCUT2D eigenvalue weighted by molar-refractivity contribution is 0.238. The molecular weight excluding hydrogens is 234 g/mol. The van der Waals surface area contributed by atoms with Crippen LogP contribution in [-0.4, -0.2) is 52.3 Å². The molecule has 17 heavy (non-hydrogen) atoms. The van der Waals surface area contributed by atoms with Gasteiger partial charge in [-0.1, -0.05) is 12.2 Å². The number of hydrogen-bond donors (Lipinski definition) is 1. The summed E-state index contributed by atoms with van der Waals surface area (Å²) in [6, 6.07) is 4.07. The molecular formula is C11H17N5S. The van der Waals surface area contributed by atoms with Crippen molar-refractivity contribution < 1.29 is 0 Å². The third kappa shape index (κ3) is 2.89. The van der Waals surface area contributed by atoms with Crippen molar-refractivity contribution in [2.75, 3.05) is 31.1 Å². The Morgan fingerprint density at radius 1 is 1.41 bits per heavy atom. The second-order valence-electron chi connectivity index (χ2n) is 4.18. The Kier molecular flexibility index (Phi) is 3.86. The fourth-order valence-corrected chi connectivity index (χ4v) is 2.13. The van der Waals surface area contributed by atoms with E-state index in [2.05, 4.69) is 26.9 Å². The van der Waals surface area contributed by atoms with Crippen LogP contribution in [-0.2, 0) is 0 Å². The van der Waals surface area contributed by atoms with E-state index in [1.165, 1.54) is 0 Å². The fraction of sp³-hybridized carbons (Fsp3) is 0.545. The van der Waals surface area contributed by atoms with Crippen molar-refractivity contribution in [3.05, 3.63) is 18.3 Å². The number of rotatable bonds is 3. The van der Waals surface area contributed by atoms with E-state index >= 15 is 0 Å². The number of thiocarbonyl (C=S) groups is 1. The summed E-state index contributed by atoms with van der Waals surface area (Å²) >= 11 is 5.02. The highest BCUT2D eigenvalue weighted by atomic mass is 32.1. The number of hydrogen-bond acceptors (Lipinski definition) is 5. The van der Waals surface area contributed by atoms with Crippen LogP contribution in [0.5, 0.6) is 0 Å². The summed E-state index contributed by atoms with van der Waals surface area (Å²) in [5, 5.41) is 8.01. The SMILES string of the molecule is CC(C(N)=S)N1CCN(c2cccnn2)CC1. The van der Waals surface area contributed by atoms with Crippen LogP contribution in [0.25, 0.3) is 0 Å². The smallest absolute Gasteiger partial charge is 0.151 e. The zero-order valence-corrected chi connectivity index (χ0v) is 10.7. The molecule has 1 aliphatic rings. The normalized spacial score (nSPS) is 19.0. The molecule has 0 aromatic carbocycles. The van der Waals surface area contributed by atoms with E-state index < -0.39 is 0 Å². The van der Waals surface area contributed by atoms with E-state index in [-0.39, 0.29) is 6.04 Å². The van der Waals surface area contributed by atoms with E-state index in [0.29, 0.717) is 4.99 Å². The first-order valence-electron chi connectivity index (χ1n) is 5.74. The lowest BCUT2D eigenvalue weighted by Gasteiger charge is -2.37. The van der Waals surface area contributed by atoms with Gasteiger partial charge in [-0.05, 0) is 19.1 Å². The highest BCUT2D eigenvalue weighted by Gasteiger charge is 2.22. The van der Waals surface area contributed by atoms with Gasteiger partial charge in [0.1, 0.15) is 0 Å². The Hall–Kier alpha value is -1.27. The summed E-state index contributed by atoms with van der Waals surface area (Å²) in [6.07, 6.45) is 1.69. The molecule has 1 saturated heterocycles. The first kappa shape index (κ1) is 12.2. The van der Waals surface area contributed by atoms with E-state index in [1.54, 1.807) is 6.20 Å². The summed E-state index contributed by atoms with van der Waals surface area (Å²) in [7, 11) is 0. The van der Waals surface area contributed by atoms with Gasteiger partial charge in [-0.15, -0.1) is 5.10 Å². The molecule has 6 heteroatoms. The highest BCUT2D eigenvalue weighted by Crippen LogP contribution is 2.13. The minimum atomic E-state index is 0.175. The molecule has 0 bridgehead atoms. The van der Waals surface area contributed by atoms with Crippen molar-refractivity contribution >= 4 is 23.0 Å². The number of piperazine rings is 1. The summed E-state index contributed by atoms with van der Waals surface area (Å²) in [6.45, 7) is 5.84. The van der Waals surface area contributed by atoms with E-state index in [4.69, 9.17) is 18.0 Å². The number of anilines is 1. The van der Waals surface area contributed by atoms with Crippen LogP contribution in [0.1, 0.15) is 6.92 Å². The molecule has 0 saturated carbocycles. The van der Waals surface area contributed by atoms with E-state index in [0.717, 1.165) is 32.0 Å². The van der Waals surface area contributed by atoms with Gasteiger partial charge >= 0.3 is 0 Å². The van der Waals surface area contributed by atoms with Gasteiger partial charge in [0.2, 0.25) is 0 Å². The van der Waals surface area contributed by atoms with Gasteiger partial charge in [0.25, 0.3) is 0 Å². The maximum absolute atomic E-state index is 5.67. The summed E-state index contributed by atoms with van der Waals surface area (Å²) in [4.78, 5) is 5.10. The van der Waals surface area contributed by atoms with Gasteiger partial charge < -0.3 is 10.6 Å². The number of nitrogens with zero attached hydrogens (tertiary/aromatic N) is 4. The zero-order chi connectivity index (χ0) is 12.3. The highest BCUT2D eigenvalue weighted by molar-refractivity contribution is 7.80. The first-order valence-corrected chi connectivity index (χ1v) is 6.15. The molecule has 5 nitrogen and oxygen atoms in total. The van der Waals surface area contributed by atoms with Crippen LogP contribution in [0.4, 0.5) is 5.82 Å². The van der Waals surface area contributed by atoms with E-state index in [9.17, 15) is 0 Å². The molecule has 1 atom stereocenters. The molecule has 1 aliphatic heterocycles. The monoisotopic (exact) mass is 251 g/mol. The van der Waals surface area contributed by atoms with Crippen molar-refractivity contribution in [2.45, 2.75) is 13.0 Å². The van der Waals surface area contributed by atoms with Gasteiger partial charge in [-0.3, -0.25) is 4.90 Å². The van der Waals surface area contributed by atoms with Crippen LogP contribution in [0.3, 0.4) is 0 Å². The Morgan fingerprint density at radius 2 is 2.12 bits per heavy atom. The predicted octanol–water partition coefficient (Wildman–Crippen LogP) is 0.273. The van der Waals surface area contributed by atoms with E-state index in [1.807, 2.05) is 12.1 Å². The van der Waals surface area contributed by atoms with Crippen molar-refractivity contribution in [1.82, 2.24) is 15.1 Å². The second kappa shape index (κ2) is 5.37. The van der Waals surface area contributed by atoms with Gasteiger partial charge in [-0.25, -0.2) is 0 Å². The van der Waals surface area contributed by atoms with Gasteiger partial charge in [0.15, 0.2) is 5.82 Å². The van der Waals surface area contributed by atoms with Crippen molar-refractivity contribution in [3.8, 4) is 0 Å². The summed E-state index contributed by atoms with van der Waals surface area (Å²) in [5.74, 6) is 0.940. The molecule has 1 fully saturated rings. The predicted molar refractivity (Wildman–Crippen MR) is 72.1 cm³/mol. The van der Waals surface area contributed by atoms with Crippen LogP contribution < -0.4 is 10.6 Å². The molecule has 2 rings (SSSR count). The minimum Gasteiger partial charge on any atom is -0.392 e. The Bertz CT molecular complexity index is 375.